The van der Waals surface area contributed by atoms with E-state index >= 15 is 0 Å². The van der Waals surface area contributed by atoms with Crippen molar-refractivity contribution in [2.24, 2.45) is 0 Å². The van der Waals surface area contributed by atoms with E-state index in [1.54, 1.807) is 72.8 Å². The van der Waals surface area contributed by atoms with E-state index < -0.39 is 0 Å². The van der Waals surface area contributed by atoms with Crippen molar-refractivity contribution in [1.29, 1.82) is 0 Å². The number of halogens is 2. The zero-order chi connectivity index (χ0) is 19.9. The van der Waals surface area contributed by atoms with Gasteiger partial charge in [-0.3, -0.25) is 9.59 Å². The molecule has 0 atom stereocenters. The number of benzene rings is 3. The Morgan fingerprint density at radius 3 is 2.14 bits per heavy atom. The molecule has 2 N–H and O–H groups in total. The van der Waals surface area contributed by atoms with Gasteiger partial charge in [0.15, 0.2) is 6.61 Å². The molecular weight excluding hydrogens is 399 g/mol. The number of amides is 2. The summed E-state index contributed by atoms with van der Waals surface area (Å²) in [4.78, 5) is 24.5. The van der Waals surface area contributed by atoms with Gasteiger partial charge in [0, 0.05) is 11.4 Å². The first kappa shape index (κ1) is 19.7. The Kier molecular flexibility index (Phi) is 6.53. The van der Waals surface area contributed by atoms with Crippen LogP contribution in [0.4, 0.5) is 11.4 Å². The number of nitrogens with one attached hydrogen (secondary N) is 2. The molecule has 0 spiro atoms. The average molecular weight is 415 g/mol. The molecule has 3 aromatic rings. The number of hydrogen-bond acceptors (Lipinski definition) is 3. The predicted octanol–water partition coefficient (Wildman–Crippen LogP) is 5.26. The molecule has 28 heavy (non-hydrogen) atoms. The van der Waals surface area contributed by atoms with Gasteiger partial charge in [0.05, 0.1) is 15.6 Å². The van der Waals surface area contributed by atoms with Crippen LogP contribution in [-0.4, -0.2) is 18.4 Å². The number of para-hydroxylation sites is 1. The van der Waals surface area contributed by atoms with Crippen LogP contribution in [0.2, 0.25) is 10.0 Å². The van der Waals surface area contributed by atoms with E-state index in [4.69, 9.17) is 27.9 Å². The zero-order valence-corrected chi connectivity index (χ0v) is 16.1. The van der Waals surface area contributed by atoms with Crippen LogP contribution in [0.15, 0.2) is 72.8 Å². The predicted molar refractivity (Wildman–Crippen MR) is 111 cm³/mol. The SMILES string of the molecule is O=C(COc1ccccc1Cl)Nc1cccc(NC(=O)c2ccccc2Cl)c1. The van der Waals surface area contributed by atoms with Crippen molar-refractivity contribution in [1.82, 2.24) is 0 Å². The van der Waals surface area contributed by atoms with Crippen molar-refractivity contribution in [2.45, 2.75) is 0 Å². The lowest BCUT2D eigenvalue weighted by molar-refractivity contribution is -0.118. The Morgan fingerprint density at radius 1 is 0.786 bits per heavy atom. The molecule has 0 saturated carbocycles. The van der Waals surface area contributed by atoms with Crippen molar-refractivity contribution in [3.8, 4) is 5.75 Å². The zero-order valence-electron chi connectivity index (χ0n) is 14.6. The van der Waals surface area contributed by atoms with Gasteiger partial charge >= 0.3 is 0 Å². The second kappa shape index (κ2) is 9.26. The molecule has 7 heteroatoms. The molecule has 2 amide bonds. The molecular formula is C21H16Cl2N2O3. The summed E-state index contributed by atoms with van der Waals surface area (Å²) >= 11 is 12.0. The maximum Gasteiger partial charge on any atom is 0.262 e. The number of anilines is 2. The van der Waals surface area contributed by atoms with E-state index in [2.05, 4.69) is 10.6 Å². The Labute approximate surface area is 172 Å². The van der Waals surface area contributed by atoms with Gasteiger partial charge in [0.25, 0.3) is 11.8 Å². The minimum absolute atomic E-state index is 0.195. The quantitative estimate of drug-likeness (QED) is 0.577. The highest BCUT2D eigenvalue weighted by molar-refractivity contribution is 6.34. The maximum atomic E-state index is 12.3. The Balaban J connectivity index is 1.60. The molecule has 0 bridgehead atoms. The van der Waals surface area contributed by atoms with Crippen LogP contribution in [0.1, 0.15) is 10.4 Å². The van der Waals surface area contributed by atoms with Crippen LogP contribution < -0.4 is 15.4 Å². The average Bonchev–Trinajstić information content (AvgIpc) is 2.68. The Bertz CT molecular complexity index is 1010. The van der Waals surface area contributed by atoms with Gasteiger partial charge in [-0.1, -0.05) is 53.5 Å². The van der Waals surface area contributed by atoms with Gasteiger partial charge in [-0.25, -0.2) is 0 Å². The smallest absolute Gasteiger partial charge is 0.262 e. The molecule has 0 aliphatic heterocycles. The van der Waals surface area contributed by atoms with Gasteiger partial charge in [-0.15, -0.1) is 0 Å². The van der Waals surface area contributed by atoms with Crippen LogP contribution in [0.3, 0.4) is 0 Å². The largest absolute Gasteiger partial charge is 0.482 e. The number of ether oxygens (including phenoxy) is 1. The summed E-state index contributed by atoms with van der Waals surface area (Å²) in [5.74, 6) is -0.259. The van der Waals surface area contributed by atoms with E-state index in [0.29, 0.717) is 32.7 Å². The fraction of sp³-hybridized carbons (Fsp3) is 0.0476. The normalized spacial score (nSPS) is 10.2. The lowest BCUT2D eigenvalue weighted by Crippen LogP contribution is -2.20. The highest BCUT2D eigenvalue weighted by Crippen LogP contribution is 2.23. The third kappa shape index (κ3) is 5.25. The summed E-state index contributed by atoms with van der Waals surface area (Å²) < 4.78 is 5.41. The van der Waals surface area contributed by atoms with E-state index in [1.165, 1.54) is 0 Å². The van der Waals surface area contributed by atoms with Crippen molar-refractivity contribution < 1.29 is 14.3 Å². The number of rotatable bonds is 6. The van der Waals surface area contributed by atoms with E-state index in [-0.39, 0.29) is 18.4 Å². The molecule has 0 aliphatic rings. The first-order valence-electron chi connectivity index (χ1n) is 8.36. The molecule has 3 rings (SSSR count). The molecule has 0 radical (unpaired) electrons. The molecule has 3 aromatic carbocycles. The molecule has 5 nitrogen and oxygen atoms in total. The molecule has 0 heterocycles. The second-order valence-electron chi connectivity index (χ2n) is 5.78. The summed E-state index contributed by atoms with van der Waals surface area (Å²) in [5, 5.41) is 6.26. The highest BCUT2D eigenvalue weighted by atomic mass is 35.5. The Morgan fingerprint density at radius 2 is 1.43 bits per heavy atom. The summed E-state index contributed by atoms with van der Waals surface area (Å²) in [6.07, 6.45) is 0. The second-order valence-corrected chi connectivity index (χ2v) is 6.60. The van der Waals surface area contributed by atoms with Gasteiger partial charge < -0.3 is 15.4 Å². The minimum Gasteiger partial charge on any atom is -0.482 e. The lowest BCUT2D eigenvalue weighted by atomic mass is 10.2. The third-order valence-corrected chi connectivity index (χ3v) is 4.36. The van der Waals surface area contributed by atoms with E-state index in [0.717, 1.165) is 0 Å². The standard InChI is InChI=1S/C21H16Cl2N2O3/c22-17-9-2-1-8-16(17)21(27)25-15-7-5-6-14(12-15)24-20(26)13-28-19-11-4-3-10-18(19)23/h1-12H,13H2,(H,24,26)(H,25,27). The molecule has 0 unspecified atom stereocenters. The van der Waals surface area contributed by atoms with Crippen molar-refractivity contribution >= 4 is 46.4 Å². The maximum absolute atomic E-state index is 12.3. The van der Waals surface area contributed by atoms with Gasteiger partial charge in [-0.2, -0.15) is 0 Å². The van der Waals surface area contributed by atoms with Gasteiger partial charge in [-0.05, 0) is 42.5 Å². The summed E-state index contributed by atoms with van der Waals surface area (Å²) in [6, 6.07) is 20.4. The van der Waals surface area contributed by atoms with E-state index in [1.807, 2.05) is 0 Å². The van der Waals surface area contributed by atoms with Crippen molar-refractivity contribution in [2.75, 3.05) is 17.2 Å². The van der Waals surface area contributed by atoms with Gasteiger partial charge in [0.2, 0.25) is 0 Å². The molecule has 0 saturated heterocycles. The van der Waals surface area contributed by atoms with Crippen molar-refractivity contribution in [3.63, 3.8) is 0 Å². The summed E-state index contributed by atoms with van der Waals surface area (Å²) in [6.45, 7) is -0.195. The monoisotopic (exact) mass is 414 g/mol. The molecule has 142 valence electrons. The minimum atomic E-state index is -0.352. The van der Waals surface area contributed by atoms with Crippen molar-refractivity contribution in [3.05, 3.63) is 88.4 Å². The highest BCUT2D eigenvalue weighted by Gasteiger charge is 2.11. The fourth-order valence-electron chi connectivity index (χ4n) is 2.42. The van der Waals surface area contributed by atoms with Crippen LogP contribution in [0.5, 0.6) is 5.75 Å². The first-order chi connectivity index (χ1) is 13.5. The van der Waals surface area contributed by atoms with E-state index in [9.17, 15) is 9.59 Å². The Hall–Kier alpha value is -3.02. The first-order valence-corrected chi connectivity index (χ1v) is 9.11. The molecule has 0 aliphatic carbocycles. The lowest BCUT2D eigenvalue weighted by Gasteiger charge is -2.11. The molecule has 0 aromatic heterocycles. The summed E-state index contributed by atoms with van der Waals surface area (Å²) in [7, 11) is 0. The number of carbonyl (C=O) groups is 2. The summed E-state index contributed by atoms with van der Waals surface area (Å²) in [5.41, 5.74) is 1.41. The van der Waals surface area contributed by atoms with Crippen LogP contribution in [-0.2, 0) is 4.79 Å². The van der Waals surface area contributed by atoms with Crippen LogP contribution in [0.25, 0.3) is 0 Å². The van der Waals surface area contributed by atoms with Crippen LogP contribution in [0, 0.1) is 0 Å². The number of hydrogen-bond donors (Lipinski definition) is 2. The molecule has 0 fully saturated rings. The fourth-order valence-corrected chi connectivity index (χ4v) is 2.83. The topological polar surface area (TPSA) is 67.4 Å². The van der Waals surface area contributed by atoms with Gasteiger partial charge in [0.1, 0.15) is 5.75 Å². The number of carbonyl (C=O) groups excluding carboxylic acids is 2. The third-order valence-electron chi connectivity index (χ3n) is 3.72. The van der Waals surface area contributed by atoms with Crippen LogP contribution >= 0.6 is 23.2 Å².